The van der Waals surface area contributed by atoms with E-state index >= 15 is 0 Å². The maximum absolute atomic E-state index is 11.9. The number of nitrogens with zero attached hydrogens (tertiary/aromatic N) is 1. The SMILES string of the molecule is CC(O)c1csc(C(F)(F)F)n1. The molecule has 0 saturated heterocycles. The van der Waals surface area contributed by atoms with Crippen molar-refractivity contribution in [2.24, 2.45) is 0 Å². The molecule has 1 aromatic heterocycles. The smallest absolute Gasteiger partial charge is 0.387 e. The van der Waals surface area contributed by atoms with Gasteiger partial charge >= 0.3 is 6.18 Å². The summed E-state index contributed by atoms with van der Waals surface area (Å²) < 4.78 is 35.8. The van der Waals surface area contributed by atoms with Crippen LogP contribution in [0.4, 0.5) is 13.2 Å². The molecule has 0 bridgehead atoms. The van der Waals surface area contributed by atoms with E-state index in [1.54, 1.807) is 0 Å². The van der Waals surface area contributed by atoms with Crippen LogP contribution in [0.15, 0.2) is 5.38 Å². The summed E-state index contributed by atoms with van der Waals surface area (Å²) in [6.07, 6.45) is -5.35. The molecule has 0 aliphatic rings. The lowest BCUT2D eigenvalue weighted by atomic mass is 10.3. The molecule has 1 N–H and O–H groups in total. The van der Waals surface area contributed by atoms with E-state index in [0.29, 0.717) is 11.3 Å². The zero-order chi connectivity index (χ0) is 9.35. The van der Waals surface area contributed by atoms with Gasteiger partial charge in [-0.2, -0.15) is 13.2 Å². The quantitative estimate of drug-likeness (QED) is 0.748. The van der Waals surface area contributed by atoms with Crippen LogP contribution in [0.1, 0.15) is 23.7 Å². The highest BCUT2D eigenvalue weighted by Gasteiger charge is 2.34. The third kappa shape index (κ3) is 1.95. The van der Waals surface area contributed by atoms with Crippen molar-refractivity contribution >= 4 is 11.3 Å². The van der Waals surface area contributed by atoms with Crippen LogP contribution in [0.5, 0.6) is 0 Å². The van der Waals surface area contributed by atoms with Gasteiger partial charge in [-0.25, -0.2) is 4.98 Å². The van der Waals surface area contributed by atoms with Gasteiger partial charge in [-0.3, -0.25) is 0 Å². The number of alkyl halides is 3. The molecule has 6 heteroatoms. The Balaban J connectivity index is 2.92. The van der Waals surface area contributed by atoms with Crippen molar-refractivity contribution < 1.29 is 18.3 Å². The predicted molar refractivity (Wildman–Crippen MR) is 37.7 cm³/mol. The van der Waals surface area contributed by atoms with E-state index in [1.165, 1.54) is 12.3 Å². The van der Waals surface area contributed by atoms with Gasteiger partial charge in [-0.1, -0.05) is 0 Å². The molecule has 0 spiro atoms. The maximum Gasteiger partial charge on any atom is 0.443 e. The first-order chi connectivity index (χ1) is 5.41. The maximum atomic E-state index is 11.9. The summed E-state index contributed by atoms with van der Waals surface area (Å²) >= 11 is 0.489. The van der Waals surface area contributed by atoms with Gasteiger partial charge in [-0.15, -0.1) is 11.3 Å². The molecule has 0 aliphatic carbocycles. The van der Waals surface area contributed by atoms with Gasteiger partial charge in [0.2, 0.25) is 0 Å². The van der Waals surface area contributed by atoms with Crippen molar-refractivity contribution in [3.8, 4) is 0 Å². The highest BCUT2D eigenvalue weighted by molar-refractivity contribution is 7.09. The van der Waals surface area contributed by atoms with Crippen LogP contribution in [-0.4, -0.2) is 10.1 Å². The first kappa shape index (κ1) is 9.47. The Morgan fingerprint density at radius 1 is 1.58 bits per heavy atom. The average Bonchev–Trinajstić information content (AvgIpc) is 2.30. The lowest BCUT2D eigenvalue weighted by Gasteiger charge is -2.00. The number of halogens is 3. The molecule has 1 aromatic rings. The molecule has 1 unspecified atom stereocenters. The molecular formula is C6H6F3NOS. The van der Waals surface area contributed by atoms with E-state index < -0.39 is 17.3 Å². The molecule has 1 heterocycles. The summed E-state index contributed by atoms with van der Waals surface area (Å²) in [5.74, 6) is 0. The van der Waals surface area contributed by atoms with Gasteiger partial charge in [-0.05, 0) is 6.92 Å². The zero-order valence-corrected chi connectivity index (χ0v) is 6.91. The molecule has 0 aromatic carbocycles. The first-order valence-corrected chi connectivity index (χ1v) is 4.00. The van der Waals surface area contributed by atoms with Crippen LogP contribution in [0, 0.1) is 0 Å². The van der Waals surface area contributed by atoms with Gasteiger partial charge in [0, 0.05) is 5.38 Å². The average molecular weight is 197 g/mol. The summed E-state index contributed by atoms with van der Waals surface area (Å²) in [5, 5.41) is 9.16. The molecular weight excluding hydrogens is 191 g/mol. The molecule has 0 fully saturated rings. The summed E-state index contributed by atoms with van der Waals surface area (Å²) in [4.78, 5) is 3.22. The third-order valence-corrected chi connectivity index (χ3v) is 2.10. The van der Waals surface area contributed by atoms with Gasteiger partial charge in [0.1, 0.15) is 0 Å². The van der Waals surface area contributed by atoms with Crippen LogP contribution >= 0.6 is 11.3 Å². The first-order valence-electron chi connectivity index (χ1n) is 3.12. The minimum atomic E-state index is -4.40. The second-order valence-electron chi connectivity index (χ2n) is 2.25. The Hall–Kier alpha value is -0.620. The summed E-state index contributed by atoms with van der Waals surface area (Å²) in [6, 6.07) is 0. The van der Waals surface area contributed by atoms with E-state index in [9.17, 15) is 13.2 Å². The van der Waals surface area contributed by atoms with E-state index in [-0.39, 0.29) is 5.69 Å². The summed E-state index contributed by atoms with van der Waals surface area (Å²) in [7, 11) is 0. The van der Waals surface area contributed by atoms with E-state index in [0.717, 1.165) is 0 Å². The number of rotatable bonds is 1. The molecule has 0 radical (unpaired) electrons. The largest absolute Gasteiger partial charge is 0.443 e. The fourth-order valence-electron chi connectivity index (χ4n) is 0.608. The second-order valence-corrected chi connectivity index (χ2v) is 3.11. The van der Waals surface area contributed by atoms with E-state index in [4.69, 9.17) is 5.11 Å². The number of hydrogen-bond donors (Lipinski definition) is 1. The van der Waals surface area contributed by atoms with Crippen molar-refractivity contribution in [1.82, 2.24) is 4.98 Å². The normalized spacial score (nSPS) is 14.8. The Morgan fingerprint density at radius 3 is 2.42 bits per heavy atom. The Morgan fingerprint density at radius 2 is 2.17 bits per heavy atom. The lowest BCUT2D eigenvalue weighted by Crippen LogP contribution is -2.04. The Kier molecular flexibility index (Phi) is 2.39. The van der Waals surface area contributed by atoms with Crippen LogP contribution < -0.4 is 0 Å². The zero-order valence-electron chi connectivity index (χ0n) is 6.09. The molecule has 68 valence electrons. The van der Waals surface area contributed by atoms with Crippen molar-refractivity contribution in [2.45, 2.75) is 19.2 Å². The van der Waals surface area contributed by atoms with Gasteiger partial charge in [0.05, 0.1) is 11.8 Å². The van der Waals surface area contributed by atoms with Gasteiger partial charge in [0.15, 0.2) is 5.01 Å². The molecule has 12 heavy (non-hydrogen) atoms. The predicted octanol–water partition coefficient (Wildman–Crippen LogP) is 2.22. The number of aliphatic hydroxyl groups excluding tert-OH is 1. The second kappa shape index (κ2) is 3.02. The molecule has 0 saturated carbocycles. The number of thiazole rings is 1. The Bertz CT molecular complexity index is 268. The highest BCUT2D eigenvalue weighted by Crippen LogP contribution is 2.32. The fraction of sp³-hybridized carbons (Fsp3) is 0.500. The van der Waals surface area contributed by atoms with Crippen molar-refractivity contribution in [3.63, 3.8) is 0 Å². The standard InChI is InChI=1S/C6H6F3NOS/c1-3(11)4-2-12-5(10-4)6(7,8)9/h2-3,11H,1H3. The number of aromatic nitrogens is 1. The minimum absolute atomic E-state index is 0.0623. The number of aliphatic hydroxyl groups is 1. The molecule has 0 amide bonds. The molecule has 2 nitrogen and oxygen atoms in total. The minimum Gasteiger partial charge on any atom is -0.387 e. The van der Waals surface area contributed by atoms with Crippen molar-refractivity contribution in [3.05, 3.63) is 16.1 Å². The summed E-state index contributed by atoms with van der Waals surface area (Å²) in [5.41, 5.74) is 0.0623. The molecule has 1 atom stereocenters. The third-order valence-electron chi connectivity index (χ3n) is 1.19. The van der Waals surface area contributed by atoms with Crippen LogP contribution in [0.25, 0.3) is 0 Å². The molecule has 1 rings (SSSR count). The Labute approximate surface area is 70.7 Å². The van der Waals surface area contributed by atoms with Crippen LogP contribution in [0.2, 0.25) is 0 Å². The van der Waals surface area contributed by atoms with Crippen molar-refractivity contribution in [1.29, 1.82) is 0 Å². The highest BCUT2D eigenvalue weighted by atomic mass is 32.1. The summed E-state index contributed by atoms with van der Waals surface area (Å²) in [6.45, 7) is 1.37. The van der Waals surface area contributed by atoms with Gasteiger partial charge < -0.3 is 5.11 Å². The van der Waals surface area contributed by atoms with Crippen LogP contribution in [0.3, 0.4) is 0 Å². The topological polar surface area (TPSA) is 33.1 Å². The monoisotopic (exact) mass is 197 g/mol. The van der Waals surface area contributed by atoms with E-state index in [2.05, 4.69) is 4.98 Å². The lowest BCUT2D eigenvalue weighted by molar-refractivity contribution is -0.137. The van der Waals surface area contributed by atoms with Gasteiger partial charge in [0.25, 0.3) is 0 Å². The molecule has 0 aliphatic heterocycles. The van der Waals surface area contributed by atoms with E-state index in [1.807, 2.05) is 0 Å². The van der Waals surface area contributed by atoms with Crippen LogP contribution in [-0.2, 0) is 6.18 Å². The van der Waals surface area contributed by atoms with Crippen molar-refractivity contribution in [2.75, 3.05) is 0 Å². The number of hydrogen-bond acceptors (Lipinski definition) is 3. The fourth-order valence-corrected chi connectivity index (χ4v) is 1.38.